The Morgan fingerprint density at radius 2 is 1.50 bits per heavy atom. The van der Waals surface area contributed by atoms with Crippen molar-refractivity contribution in [3.63, 3.8) is 0 Å². The van der Waals surface area contributed by atoms with Gasteiger partial charge in [0.05, 0.1) is 0 Å². The highest BCUT2D eigenvalue weighted by molar-refractivity contribution is 6.24. The van der Waals surface area contributed by atoms with Gasteiger partial charge < -0.3 is 10.2 Å². The van der Waals surface area contributed by atoms with Crippen molar-refractivity contribution in [3.05, 3.63) is 57.6 Å². The molecule has 4 heteroatoms. The van der Waals surface area contributed by atoms with Gasteiger partial charge in [0.2, 0.25) is 0 Å². The lowest BCUT2D eigenvalue weighted by molar-refractivity contribution is -0.129. The minimum atomic E-state index is -1.32. The minimum absolute atomic E-state index is 0.125. The Bertz CT molecular complexity index is 880. The fourth-order valence-corrected chi connectivity index (χ4v) is 4.08. The predicted molar refractivity (Wildman–Crippen MR) is 133 cm³/mol. The number of allylic oxidation sites excluding steroid dienone is 9. The van der Waals surface area contributed by atoms with Crippen LogP contribution < -0.4 is 0 Å². The minimum Gasteiger partial charge on any atom is -0.511 e. The molecule has 32 heavy (non-hydrogen) atoms. The average Bonchev–Trinajstić information content (AvgIpc) is 2.65. The topological polar surface area (TPSA) is 74.6 Å². The van der Waals surface area contributed by atoms with Crippen LogP contribution in [-0.4, -0.2) is 21.8 Å². The van der Waals surface area contributed by atoms with Gasteiger partial charge in [0, 0.05) is 12.0 Å². The van der Waals surface area contributed by atoms with E-state index in [1.54, 1.807) is 0 Å². The van der Waals surface area contributed by atoms with Gasteiger partial charge in [0.15, 0.2) is 11.6 Å². The molecule has 0 fully saturated rings. The highest BCUT2D eigenvalue weighted by atomic mass is 16.3. The number of rotatable bonds is 10. The number of carbonyl (C=O) groups is 2. The molecule has 1 aliphatic rings. The molecule has 0 bridgehead atoms. The number of aliphatic hydroxyl groups excluding tert-OH is 2. The summed E-state index contributed by atoms with van der Waals surface area (Å²) < 4.78 is 0. The third-order valence-electron chi connectivity index (χ3n) is 6.00. The smallest absolute Gasteiger partial charge is 0.184 e. The molecule has 1 aliphatic carbocycles. The first-order chi connectivity index (χ1) is 14.7. The highest BCUT2D eigenvalue weighted by Gasteiger charge is 2.53. The van der Waals surface area contributed by atoms with Gasteiger partial charge in [-0.25, -0.2) is 0 Å². The van der Waals surface area contributed by atoms with Crippen LogP contribution in [-0.2, 0) is 9.59 Å². The van der Waals surface area contributed by atoms with E-state index < -0.39 is 11.2 Å². The van der Waals surface area contributed by atoms with E-state index in [1.165, 1.54) is 0 Å². The Balaban J connectivity index is 3.88. The van der Waals surface area contributed by atoms with Crippen LogP contribution in [0, 0.1) is 17.3 Å². The van der Waals surface area contributed by atoms with Crippen LogP contribution in [0.25, 0.3) is 0 Å². The van der Waals surface area contributed by atoms with Crippen molar-refractivity contribution in [2.24, 2.45) is 17.3 Å². The largest absolute Gasteiger partial charge is 0.511 e. The van der Waals surface area contributed by atoms with Crippen LogP contribution in [0.4, 0.5) is 0 Å². The Kier molecular flexibility index (Phi) is 9.94. The molecule has 4 nitrogen and oxygen atoms in total. The summed E-state index contributed by atoms with van der Waals surface area (Å²) in [5.74, 6) is -1.39. The molecular formula is C28H42O4. The van der Waals surface area contributed by atoms with Gasteiger partial charge in [0.25, 0.3) is 0 Å². The standard InChI is InChI=1S/C28H42O4/c1-17(2)10-12-22-25(30)24(23(29)13-11-18(3)4)27(32)28(26(22)31,15-14-19(5)6)21(9)16-20(7)8/h10,14,16,18,21,30-31H,11-13,15H2,1-9H3/t21-,28-/m0/s1. The number of ketones is 2. The van der Waals surface area contributed by atoms with Crippen molar-refractivity contribution in [2.75, 3.05) is 0 Å². The Labute approximate surface area is 194 Å². The molecule has 0 aromatic rings. The molecule has 0 aromatic heterocycles. The van der Waals surface area contributed by atoms with Crippen molar-refractivity contribution >= 4 is 11.6 Å². The van der Waals surface area contributed by atoms with Gasteiger partial charge in [-0.1, -0.05) is 55.7 Å². The second kappa shape index (κ2) is 11.5. The van der Waals surface area contributed by atoms with Crippen LogP contribution in [0.2, 0.25) is 0 Å². The number of aliphatic hydroxyl groups is 2. The van der Waals surface area contributed by atoms with Crippen molar-refractivity contribution in [2.45, 2.75) is 88.0 Å². The maximum atomic E-state index is 14.0. The summed E-state index contributed by atoms with van der Waals surface area (Å²) in [7, 11) is 0. The number of carbonyl (C=O) groups excluding carboxylic acids is 2. The van der Waals surface area contributed by atoms with Crippen molar-refractivity contribution < 1.29 is 19.8 Å². The first-order valence-corrected chi connectivity index (χ1v) is 11.6. The van der Waals surface area contributed by atoms with E-state index in [2.05, 4.69) is 0 Å². The van der Waals surface area contributed by atoms with Crippen LogP contribution >= 0.6 is 0 Å². The third kappa shape index (κ3) is 6.34. The first-order valence-electron chi connectivity index (χ1n) is 11.6. The van der Waals surface area contributed by atoms with E-state index in [1.807, 2.05) is 80.5 Å². The monoisotopic (exact) mass is 442 g/mol. The van der Waals surface area contributed by atoms with Crippen LogP contribution in [0.3, 0.4) is 0 Å². The van der Waals surface area contributed by atoms with Gasteiger partial charge in [-0.15, -0.1) is 0 Å². The molecular weight excluding hydrogens is 400 g/mol. The number of hydrogen-bond donors (Lipinski definition) is 2. The van der Waals surface area contributed by atoms with E-state index >= 15 is 0 Å². The van der Waals surface area contributed by atoms with Gasteiger partial charge in [-0.05, 0) is 72.6 Å². The lowest BCUT2D eigenvalue weighted by Gasteiger charge is -2.40. The summed E-state index contributed by atoms with van der Waals surface area (Å²) in [6, 6.07) is 0. The van der Waals surface area contributed by atoms with E-state index in [0.717, 1.165) is 16.7 Å². The fourth-order valence-electron chi connectivity index (χ4n) is 4.08. The van der Waals surface area contributed by atoms with E-state index in [-0.39, 0.29) is 53.6 Å². The number of Topliss-reactive ketones (excluding diaryl/α,β-unsaturated/α-hetero) is 2. The molecule has 1 rings (SSSR count). The Hall–Kier alpha value is -2.36. The fraction of sp³-hybridized carbons (Fsp3) is 0.571. The number of hydrogen-bond acceptors (Lipinski definition) is 4. The molecule has 0 spiro atoms. The molecule has 0 heterocycles. The van der Waals surface area contributed by atoms with Gasteiger partial charge in [-0.3, -0.25) is 9.59 Å². The highest BCUT2D eigenvalue weighted by Crippen LogP contribution is 2.49. The van der Waals surface area contributed by atoms with Gasteiger partial charge in [0.1, 0.15) is 22.5 Å². The van der Waals surface area contributed by atoms with Crippen LogP contribution in [0.5, 0.6) is 0 Å². The maximum absolute atomic E-state index is 14.0. The van der Waals surface area contributed by atoms with Crippen molar-refractivity contribution in [1.82, 2.24) is 0 Å². The second-order valence-electron chi connectivity index (χ2n) is 10.2. The summed E-state index contributed by atoms with van der Waals surface area (Å²) in [5.41, 5.74) is 1.86. The average molecular weight is 443 g/mol. The zero-order chi connectivity index (χ0) is 24.8. The Morgan fingerprint density at radius 1 is 0.938 bits per heavy atom. The van der Waals surface area contributed by atoms with Crippen molar-refractivity contribution in [3.8, 4) is 0 Å². The summed E-state index contributed by atoms with van der Waals surface area (Å²) in [5, 5.41) is 22.6. The molecule has 0 saturated carbocycles. The first kappa shape index (κ1) is 27.7. The summed E-state index contributed by atoms with van der Waals surface area (Å²) >= 11 is 0. The van der Waals surface area contributed by atoms with Gasteiger partial charge >= 0.3 is 0 Å². The second-order valence-corrected chi connectivity index (χ2v) is 10.2. The maximum Gasteiger partial charge on any atom is 0.184 e. The quantitative estimate of drug-likeness (QED) is 0.271. The summed E-state index contributed by atoms with van der Waals surface area (Å²) in [6.07, 6.45) is 7.13. The van der Waals surface area contributed by atoms with Crippen LogP contribution in [0.15, 0.2) is 57.6 Å². The molecule has 0 amide bonds. The lowest BCUT2D eigenvalue weighted by atomic mass is 9.62. The summed E-state index contributed by atoms with van der Waals surface area (Å²) in [6.45, 7) is 17.6. The molecule has 0 saturated heterocycles. The van der Waals surface area contributed by atoms with E-state index in [0.29, 0.717) is 12.3 Å². The van der Waals surface area contributed by atoms with E-state index in [9.17, 15) is 19.8 Å². The van der Waals surface area contributed by atoms with Crippen LogP contribution in [0.1, 0.15) is 88.0 Å². The lowest BCUT2D eigenvalue weighted by Crippen LogP contribution is -2.45. The third-order valence-corrected chi connectivity index (χ3v) is 6.00. The predicted octanol–water partition coefficient (Wildman–Crippen LogP) is 7.50. The van der Waals surface area contributed by atoms with Crippen molar-refractivity contribution in [1.29, 1.82) is 0 Å². The molecule has 0 radical (unpaired) electrons. The van der Waals surface area contributed by atoms with Gasteiger partial charge in [-0.2, -0.15) is 0 Å². The Morgan fingerprint density at radius 3 is 1.97 bits per heavy atom. The zero-order valence-corrected chi connectivity index (χ0v) is 21.4. The molecule has 2 N–H and O–H groups in total. The molecule has 2 atom stereocenters. The van der Waals surface area contributed by atoms with E-state index in [4.69, 9.17) is 0 Å². The zero-order valence-electron chi connectivity index (χ0n) is 21.4. The molecule has 0 aliphatic heterocycles. The molecule has 178 valence electrons. The normalized spacial score (nSPS) is 19.8. The molecule has 0 unspecified atom stereocenters. The summed E-state index contributed by atoms with van der Waals surface area (Å²) in [4.78, 5) is 27.2. The molecule has 0 aromatic carbocycles. The SMILES string of the molecule is CC(C)=CCC1=C(O)[C@](CC=C(C)C)([C@@H](C)C=C(C)C)C(=O)C(C(=O)CCC(C)C)=C1O.